The van der Waals surface area contributed by atoms with E-state index in [4.69, 9.17) is 4.74 Å². The molecule has 2 aromatic rings. The molecule has 1 N–H and O–H groups in total. The Morgan fingerprint density at radius 1 is 1.33 bits per heavy atom. The zero-order chi connectivity index (χ0) is 15.3. The molecule has 0 atom stereocenters. The monoisotopic (exact) mass is 373 g/mol. The number of nitrogens with zero attached hydrogens (tertiary/aromatic N) is 2. The fourth-order valence-corrected chi connectivity index (χ4v) is 2.46. The summed E-state index contributed by atoms with van der Waals surface area (Å²) in [5.74, 6) is 0.0424. The van der Waals surface area contributed by atoms with E-state index in [1.807, 2.05) is 12.1 Å². The van der Waals surface area contributed by atoms with Gasteiger partial charge in [0.15, 0.2) is 0 Å². The molecule has 2 heterocycles. The molecule has 0 bridgehead atoms. The van der Waals surface area contributed by atoms with Gasteiger partial charge in [-0.15, -0.1) is 0 Å². The summed E-state index contributed by atoms with van der Waals surface area (Å²) in [6, 6.07) is 3.75. The minimum atomic E-state index is -2.96. The number of anilines is 1. The number of hydrogen-bond donors (Lipinski definition) is 1. The highest BCUT2D eigenvalue weighted by molar-refractivity contribution is 9.10. The lowest BCUT2D eigenvalue weighted by atomic mass is 10.3. The van der Waals surface area contributed by atoms with Gasteiger partial charge >= 0.3 is 0 Å². The number of hydrogen-bond acceptors (Lipinski definition) is 6. The van der Waals surface area contributed by atoms with Crippen LogP contribution in [0.3, 0.4) is 0 Å². The maximum absolute atomic E-state index is 10.9. The van der Waals surface area contributed by atoms with E-state index in [9.17, 15) is 8.42 Å². The zero-order valence-corrected chi connectivity index (χ0v) is 13.9. The number of aromatic nitrogens is 2. The van der Waals surface area contributed by atoms with Crippen LogP contribution in [0.1, 0.15) is 0 Å². The molecule has 21 heavy (non-hydrogen) atoms. The zero-order valence-electron chi connectivity index (χ0n) is 11.5. The average molecular weight is 374 g/mol. The van der Waals surface area contributed by atoms with Gasteiger partial charge < -0.3 is 10.1 Å². The molecular weight excluding hydrogens is 358 g/mol. The van der Waals surface area contributed by atoms with Gasteiger partial charge in [0.05, 0.1) is 30.2 Å². The van der Waals surface area contributed by atoms with Crippen LogP contribution in [0.4, 0.5) is 5.69 Å². The van der Waals surface area contributed by atoms with Crippen molar-refractivity contribution in [2.75, 3.05) is 37.1 Å². The Bertz CT molecular complexity index is 722. The van der Waals surface area contributed by atoms with Crippen molar-refractivity contribution < 1.29 is 13.2 Å². The summed E-state index contributed by atoms with van der Waals surface area (Å²) in [5.41, 5.74) is 2.46. The summed E-state index contributed by atoms with van der Waals surface area (Å²) in [4.78, 5) is 8.59. The van der Waals surface area contributed by atoms with E-state index < -0.39 is 9.84 Å². The molecule has 8 heteroatoms. The van der Waals surface area contributed by atoms with Gasteiger partial charge in [-0.2, -0.15) is 0 Å². The minimum absolute atomic E-state index is 0.0424. The summed E-state index contributed by atoms with van der Waals surface area (Å²) < 4.78 is 28.0. The van der Waals surface area contributed by atoms with E-state index in [2.05, 4.69) is 31.2 Å². The Morgan fingerprint density at radius 2 is 2.14 bits per heavy atom. The number of ether oxygens (including phenoxy) is 1. The van der Waals surface area contributed by atoms with E-state index in [0.29, 0.717) is 13.2 Å². The number of nitrogens with one attached hydrogen (secondary N) is 1. The van der Waals surface area contributed by atoms with Gasteiger partial charge in [-0.1, -0.05) is 0 Å². The third kappa shape index (κ3) is 5.22. The molecule has 0 aliphatic heterocycles. The Kier molecular flexibility index (Phi) is 5.49. The van der Waals surface area contributed by atoms with E-state index in [0.717, 1.165) is 21.2 Å². The van der Waals surface area contributed by atoms with Gasteiger partial charge in [0.1, 0.15) is 15.4 Å². The number of sulfone groups is 1. The fourth-order valence-electron chi connectivity index (χ4n) is 1.72. The van der Waals surface area contributed by atoms with Gasteiger partial charge in [-0.3, -0.25) is 9.97 Å². The van der Waals surface area contributed by atoms with Gasteiger partial charge in [0.25, 0.3) is 0 Å². The van der Waals surface area contributed by atoms with Crippen molar-refractivity contribution in [2.24, 2.45) is 0 Å². The lowest BCUT2D eigenvalue weighted by Gasteiger charge is -2.09. The van der Waals surface area contributed by atoms with Crippen LogP contribution in [-0.2, 0) is 14.6 Å². The maximum Gasteiger partial charge on any atom is 0.149 e. The predicted octanol–water partition coefficient (Wildman–Crippen LogP) is 1.87. The van der Waals surface area contributed by atoms with Crippen molar-refractivity contribution in [2.45, 2.75) is 0 Å². The molecule has 0 aromatic carbocycles. The molecular formula is C13H16BrN3O3S. The van der Waals surface area contributed by atoms with Crippen molar-refractivity contribution in [3.63, 3.8) is 0 Å². The molecule has 0 saturated heterocycles. The maximum atomic E-state index is 10.9. The molecule has 0 spiro atoms. The Labute approximate surface area is 132 Å². The van der Waals surface area contributed by atoms with Crippen LogP contribution in [0.5, 0.6) is 0 Å². The topological polar surface area (TPSA) is 81.2 Å². The molecule has 2 aromatic heterocycles. The molecule has 0 unspecified atom stereocenters. The van der Waals surface area contributed by atoms with Crippen LogP contribution in [0, 0.1) is 0 Å². The number of halogens is 1. The van der Waals surface area contributed by atoms with E-state index in [-0.39, 0.29) is 12.4 Å². The van der Waals surface area contributed by atoms with Gasteiger partial charge in [-0.05, 0) is 28.1 Å². The molecule has 0 saturated carbocycles. The van der Waals surface area contributed by atoms with Crippen molar-refractivity contribution in [1.29, 1.82) is 0 Å². The number of rotatable bonds is 7. The second-order valence-corrected chi connectivity index (χ2v) is 7.72. The Balaban J connectivity index is 1.86. The highest BCUT2D eigenvalue weighted by atomic mass is 79.9. The van der Waals surface area contributed by atoms with Crippen molar-refractivity contribution >= 4 is 42.5 Å². The smallest absolute Gasteiger partial charge is 0.149 e. The summed E-state index contributed by atoms with van der Waals surface area (Å²) >= 11 is 3.36. The highest BCUT2D eigenvalue weighted by Gasteiger charge is 2.04. The van der Waals surface area contributed by atoms with Gasteiger partial charge in [0, 0.05) is 29.7 Å². The van der Waals surface area contributed by atoms with Crippen LogP contribution >= 0.6 is 15.9 Å². The van der Waals surface area contributed by atoms with E-state index in [1.54, 1.807) is 12.4 Å². The van der Waals surface area contributed by atoms with Crippen molar-refractivity contribution in [3.8, 4) is 0 Å². The first kappa shape index (κ1) is 16.1. The third-order valence-electron chi connectivity index (χ3n) is 2.70. The quantitative estimate of drug-likeness (QED) is 0.746. The van der Waals surface area contributed by atoms with E-state index in [1.165, 1.54) is 6.26 Å². The summed E-state index contributed by atoms with van der Waals surface area (Å²) in [6.07, 6.45) is 4.63. The minimum Gasteiger partial charge on any atom is -0.381 e. The molecule has 114 valence electrons. The molecule has 0 aliphatic rings. The summed E-state index contributed by atoms with van der Waals surface area (Å²) in [6.45, 7) is 1.21. The second kappa shape index (κ2) is 7.15. The van der Waals surface area contributed by atoms with Crippen molar-refractivity contribution in [1.82, 2.24) is 9.97 Å². The van der Waals surface area contributed by atoms with Crippen LogP contribution < -0.4 is 5.32 Å². The Morgan fingerprint density at radius 3 is 2.90 bits per heavy atom. The normalized spacial score (nSPS) is 11.7. The lowest BCUT2D eigenvalue weighted by molar-refractivity contribution is 0.159. The molecule has 6 nitrogen and oxygen atoms in total. The molecule has 0 fully saturated rings. The van der Waals surface area contributed by atoms with E-state index >= 15 is 0 Å². The lowest BCUT2D eigenvalue weighted by Crippen LogP contribution is -2.15. The fraction of sp³-hybridized carbons (Fsp3) is 0.385. The summed E-state index contributed by atoms with van der Waals surface area (Å²) in [5, 5.41) is 3.21. The summed E-state index contributed by atoms with van der Waals surface area (Å²) in [7, 11) is -2.96. The standard InChI is InChI=1S/C13H16BrN3O3S/c1-21(18,19)7-6-20-5-4-16-11-2-3-15-12-8-10(14)9-17-13(11)12/h2-3,8-9H,4-7H2,1H3,(H,15,16). The van der Waals surface area contributed by atoms with Crippen LogP contribution in [0.15, 0.2) is 29.0 Å². The SMILES string of the molecule is CS(=O)(=O)CCOCCNc1ccnc2cc(Br)cnc12. The molecule has 0 amide bonds. The predicted molar refractivity (Wildman–Crippen MR) is 86.3 cm³/mol. The third-order valence-corrected chi connectivity index (χ3v) is 4.05. The Hall–Kier alpha value is -1.25. The second-order valence-electron chi connectivity index (χ2n) is 4.55. The number of pyridine rings is 2. The first-order valence-electron chi connectivity index (χ1n) is 6.35. The molecule has 2 rings (SSSR count). The van der Waals surface area contributed by atoms with Gasteiger partial charge in [0.2, 0.25) is 0 Å². The highest BCUT2D eigenvalue weighted by Crippen LogP contribution is 2.21. The largest absolute Gasteiger partial charge is 0.381 e. The first-order chi connectivity index (χ1) is 9.96. The van der Waals surface area contributed by atoms with Gasteiger partial charge in [-0.25, -0.2) is 8.42 Å². The molecule has 0 radical (unpaired) electrons. The van der Waals surface area contributed by atoms with Crippen LogP contribution in [0.2, 0.25) is 0 Å². The first-order valence-corrected chi connectivity index (χ1v) is 9.21. The van der Waals surface area contributed by atoms with Crippen LogP contribution in [0.25, 0.3) is 11.0 Å². The van der Waals surface area contributed by atoms with Crippen LogP contribution in [-0.4, -0.2) is 50.2 Å². The number of fused-ring (bicyclic) bond motifs is 1. The average Bonchev–Trinajstić information content (AvgIpc) is 2.41. The van der Waals surface area contributed by atoms with Crippen molar-refractivity contribution in [3.05, 3.63) is 29.0 Å². The molecule has 0 aliphatic carbocycles.